The van der Waals surface area contributed by atoms with Crippen LogP contribution in [0, 0.1) is 0 Å². The Bertz CT molecular complexity index is 257. The van der Waals surface area contributed by atoms with E-state index in [1.165, 1.54) is 10.9 Å². The summed E-state index contributed by atoms with van der Waals surface area (Å²) in [5.74, 6) is -0.189. The van der Waals surface area contributed by atoms with Crippen LogP contribution in [0.15, 0.2) is 12.4 Å². The third-order valence-corrected chi connectivity index (χ3v) is 1.37. The molecule has 1 aromatic rings. The molecule has 0 aliphatic carbocycles. The van der Waals surface area contributed by atoms with Gasteiger partial charge in [0.1, 0.15) is 6.54 Å². The molecule has 2 N–H and O–H groups in total. The molecule has 6 nitrogen and oxygen atoms in total. The molecule has 0 bridgehead atoms. The molecule has 0 aromatic carbocycles. The van der Waals surface area contributed by atoms with Crippen molar-refractivity contribution in [2.75, 3.05) is 6.54 Å². The molecule has 0 fully saturated rings. The quantitative estimate of drug-likeness (QED) is 0.614. The van der Waals surface area contributed by atoms with Crippen molar-refractivity contribution in [2.24, 2.45) is 0 Å². The van der Waals surface area contributed by atoms with Crippen molar-refractivity contribution < 1.29 is 9.90 Å². The number of amides is 1. The molecule has 1 amide bonds. The molecule has 0 unspecified atom stereocenters. The summed E-state index contributed by atoms with van der Waals surface area (Å²) in [6, 6.07) is 0. The number of aliphatic hydroxyl groups is 1. The predicted molar refractivity (Wildman–Crippen MR) is 44.7 cm³/mol. The summed E-state index contributed by atoms with van der Waals surface area (Å²) in [5.41, 5.74) is 0. The van der Waals surface area contributed by atoms with E-state index in [4.69, 9.17) is 5.11 Å². The van der Waals surface area contributed by atoms with Gasteiger partial charge < -0.3 is 10.4 Å². The van der Waals surface area contributed by atoms with Gasteiger partial charge in [-0.05, 0) is 6.92 Å². The molecular weight excluding hydrogens is 172 g/mol. The van der Waals surface area contributed by atoms with Crippen LogP contribution in [0.2, 0.25) is 0 Å². The first kappa shape index (κ1) is 9.66. The second kappa shape index (κ2) is 4.56. The highest BCUT2D eigenvalue weighted by Crippen LogP contribution is 1.81. The molecule has 1 rings (SSSR count). The van der Waals surface area contributed by atoms with Crippen LogP contribution in [-0.2, 0) is 11.3 Å². The first-order valence-corrected chi connectivity index (χ1v) is 3.97. The lowest BCUT2D eigenvalue weighted by Gasteiger charge is -2.06. The van der Waals surface area contributed by atoms with Gasteiger partial charge in [-0.15, -0.1) is 5.10 Å². The van der Waals surface area contributed by atoms with Crippen molar-refractivity contribution in [1.82, 2.24) is 20.3 Å². The van der Waals surface area contributed by atoms with E-state index in [0.29, 0.717) is 0 Å². The zero-order chi connectivity index (χ0) is 9.68. The maximum absolute atomic E-state index is 11.1. The van der Waals surface area contributed by atoms with Crippen LogP contribution in [0.1, 0.15) is 6.92 Å². The minimum atomic E-state index is -0.528. The predicted octanol–water partition coefficient (Wildman–Crippen LogP) is -1.22. The van der Waals surface area contributed by atoms with Crippen LogP contribution >= 0.6 is 0 Å². The zero-order valence-electron chi connectivity index (χ0n) is 7.34. The van der Waals surface area contributed by atoms with Crippen LogP contribution in [0.3, 0.4) is 0 Å². The van der Waals surface area contributed by atoms with Gasteiger partial charge in [-0.3, -0.25) is 4.79 Å². The van der Waals surface area contributed by atoms with Gasteiger partial charge in [0.25, 0.3) is 0 Å². The second-order valence-corrected chi connectivity index (χ2v) is 2.75. The van der Waals surface area contributed by atoms with Gasteiger partial charge in [-0.2, -0.15) is 0 Å². The molecule has 0 saturated carbocycles. The number of aliphatic hydroxyl groups excluding tert-OH is 1. The molecule has 0 aliphatic rings. The lowest BCUT2D eigenvalue weighted by Crippen LogP contribution is -2.33. The molecule has 1 aromatic heterocycles. The normalized spacial score (nSPS) is 12.5. The van der Waals surface area contributed by atoms with Gasteiger partial charge in [0.2, 0.25) is 5.91 Å². The van der Waals surface area contributed by atoms with Crippen molar-refractivity contribution in [3.63, 3.8) is 0 Å². The van der Waals surface area contributed by atoms with Gasteiger partial charge in [-0.1, -0.05) is 5.21 Å². The molecular formula is C7H12N4O2. The first-order chi connectivity index (χ1) is 6.18. The fourth-order valence-electron chi connectivity index (χ4n) is 0.782. The average molecular weight is 184 g/mol. The number of nitrogens with one attached hydrogen (secondary N) is 1. The summed E-state index contributed by atoms with van der Waals surface area (Å²) in [4.78, 5) is 11.1. The summed E-state index contributed by atoms with van der Waals surface area (Å²) in [7, 11) is 0. The molecule has 0 aliphatic heterocycles. The van der Waals surface area contributed by atoms with Crippen molar-refractivity contribution in [1.29, 1.82) is 0 Å². The molecule has 13 heavy (non-hydrogen) atoms. The third-order valence-electron chi connectivity index (χ3n) is 1.37. The lowest BCUT2D eigenvalue weighted by molar-refractivity contribution is -0.122. The van der Waals surface area contributed by atoms with Gasteiger partial charge in [0, 0.05) is 12.7 Å². The van der Waals surface area contributed by atoms with Crippen LogP contribution in [0.25, 0.3) is 0 Å². The number of carbonyl (C=O) groups is 1. The maximum Gasteiger partial charge on any atom is 0.241 e. The Morgan fingerprint density at radius 3 is 3.08 bits per heavy atom. The van der Waals surface area contributed by atoms with Crippen molar-refractivity contribution >= 4 is 5.91 Å². The highest BCUT2D eigenvalue weighted by Gasteiger charge is 2.03. The monoisotopic (exact) mass is 184 g/mol. The smallest absolute Gasteiger partial charge is 0.241 e. The second-order valence-electron chi connectivity index (χ2n) is 2.75. The Balaban J connectivity index is 2.26. The summed E-state index contributed by atoms with van der Waals surface area (Å²) in [6.45, 7) is 2.00. The Morgan fingerprint density at radius 2 is 2.54 bits per heavy atom. The fourth-order valence-corrected chi connectivity index (χ4v) is 0.782. The van der Waals surface area contributed by atoms with E-state index in [1.807, 2.05) is 0 Å². The fraction of sp³-hybridized carbons (Fsp3) is 0.571. The third kappa shape index (κ3) is 3.66. The maximum atomic E-state index is 11.1. The van der Waals surface area contributed by atoms with E-state index in [2.05, 4.69) is 15.6 Å². The van der Waals surface area contributed by atoms with Crippen LogP contribution < -0.4 is 5.32 Å². The number of hydrogen-bond donors (Lipinski definition) is 2. The molecule has 0 radical (unpaired) electrons. The Morgan fingerprint density at radius 1 is 1.77 bits per heavy atom. The Hall–Kier alpha value is -1.43. The summed E-state index contributed by atoms with van der Waals surface area (Å²) in [6.07, 6.45) is 2.57. The van der Waals surface area contributed by atoms with E-state index < -0.39 is 6.10 Å². The van der Waals surface area contributed by atoms with E-state index in [9.17, 15) is 4.79 Å². The van der Waals surface area contributed by atoms with Crippen molar-refractivity contribution in [3.05, 3.63) is 12.4 Å². The average Bonchev–Trinajstić information content (AvgIpc) is 2.53. The molecule has 0 spiro atoms. The first-order valence-electron chi connectivity index (χ1n) is 3.97. The molecule has 1 heterocycles. The zero-order valence-corrected chi connectivity index (χ0v) is 7.34. The van der Waals surface area contributed by atoms with E-state index in [1.54, 1.807) is 13.1 Å². The van der Waals surface area contributed by atoms with Crippen LogP contribution in [0.4, 0.5) is 0 Å². The Labute approximate surface area is 75.6 Å². The van der Waals surface area contributed by atoms with Crippen LogP contribution in [0.5, 0.6) is 0 Å². The van der Waals surface area contributed by atoms with E-state index in [0.717, 1.165) is 0 Å². The van der Waals surface area contributed by atoms with Gasteiger partial charge >= 0.3 is 0 Å². The molecule has 1 atom stereocenters. The molecule has 6 heteroatoms. The number of rotatable bonds is 4. The summed E-state index contributed by atoms with van der Waals surface area (Å²) in [5, 5.41) is 18.6. The van der Waals surface area contributed by atoms with Crippen molar-refractivity contribution in [3.8, 4) is 0 Å². The van der Waals surface area contributed by atoms with Crippen molar-refractivity contribution in [2.45, 2.75) is 19.6 Å². The van der Waals surface area contributed by atoms with E-state index >= 15 is 0 Å². The summed E-state index contributed by atoms with van der Waals surface area (Å²) >= 11 is 0. The van der Waals surface area contributed by atoms with Gasteiger partial charge in [0.15, 0.2) is 0 Å². The van der Waals surface area contributed by atoms with Crippen LogP contribution in [-0.4, -0.2) is 38.7 Å². The molecule has 72 valence electrons. The van der Waals surface area contributed by atoms with Gasteiger partial charge in [-0.25, -0.2) is 4.68 Å². The van der Waals surface area contributed by atoms with Gasteiger partial charge in [0.05, 0.1) is 12.3 Å². The minimum absolute atomic E-state index is 0.132. The summed E-state index contributed by atoms with van der Waals surface area (Å²) < 4.78 is 1.41. The lowest BCUT2D eigenvalue weighted by atomic mass is 10.4. The number of carbonyl (C=O) groups excluding carboxylic acids is 1. The highest BCUT2D eigenvalue weighted by atomic mass is 16.3. The number of aromatic nitrogens is 3. The largest absolute Gasteiger partial charge is 0.392 e. The minimum Gasteiger partial charge on any atom is -0.392 e. The standard InChI is InChI=1S/C7H12N4O2/c1-6(12)4-8-7(13)5-11-3-2-9-10-11/h2-3,6,12H,4-5H2,1H3,(H,8,13)/t6-/m1/s1. The Kier molecular flexibility index (Phi) is 3.39. The molecule has 0 saturated heterocycles. The SMILES string of the molecule is C[C@@H](O)CNC(=O)Cn1ccnn1. The van der Waals surface area contributed by atoms with E-state index in [-0.39, 0.29) is 19.0 Å². The number of nitrogens with zero attached hydrogens (tertiary/aromatic N) is 3. The highest BCUT2D eigenvalue weighted by molar-refractivity contribution is 5.75. The number of hydrogen-bond acceptors (Lipinski definition) is 4. The topological polar surface area (TPSA) is 80.0 Å².